The van der Waals surface area contributed by atoms with Crippen LogP contribution in [-0.4, -0.2) is 57.1 Å². The molecule has 93 valence electrons. The van der Waals surface area contributed by atoms with E-state index in [9.17, 15) is 8.42 Å². The Labute approximate surface area is 96.7 Å². The van der Waals surface area contributed by atoms with E-state index >= 15 is 0 Å². The molecule has 0 atom stereocenters. The summed E-state index contributed by atoms with van der Waals surface area (Å²) in [6, 6.07) is 0. The molecule has 6 nitrogen and oxygen atoms in total. The lowest BCUT2D eigenvalue weighted by Crippen LogP contribution is -2.49. The van der Waals surface area contributed by atoms with E-state index in [1.807, 2.05) is 0 Å². The van der Waals surface area contributed by atoms with Crippen molar-refractivity contribution in [1.82, 2.24) is 14.1 Å². The standard InChI is InChI=1S/C9H18N3O3S/c13-16(14,12-6-8-15-9-7-12)10-11-4-2-1-3-5-11/h1-9H2. The van der Waals surface area contributed by atoms with Crippen LogP contribution in [0.2, 0.25) is 0 Å². The van der Waals surface area contributed by atoms with Crippen LogP contribution in [0.1, 0.15) is 19.3 Å². The number of piperidine rings is 1. The van der Waals surface area contributed by atoms with E-state index in [0.29, 0.717) is 26.3 Å². The summed E-state index contributed by atoms with van der Waals surface area (Å²) in [4.78, 5) is 3.87. The molecule has 1 radical (unpaired) electrons. The zero-order valence-corrected chi connectivity index (χ0v) is 10.2. The Morgan fingerprint density at radius 1 is 0.938 bits per heavy atom. The topological polar surface area (TPSA) is 64.0 Å². The third-order valence-corrected chi connectivity index (χ3v) is 4.30. The predicted molar refractivity (Wildman–Crippen MR) is 58.9 cm³/mol. The minimum absolute atomic E-state index is 0.416. The van der Waals surface area contributed by atoms with E-state index in [0.717, 1.165) is 25.9 Å². The van der Waals surface area contributed by atoms with Crippen molar-refractivity contribution >= 4 is 10.2 Å². The van der Waals surface area contributed by atoms with Gasteiger partial charge < -0.3 is 4.74 Å². The molecule has 0 aromatic rings. The quantitative estimate of drug-likeness (QED) is 0.680. The van der Waals surface area contributed by atoms with E-state index in [-0.39, 0.29) is 0 Å². The lowest BCUT2D eigenvalue weighted by Gasteiger charge is -2.29. The van der Waals surface area contributed by atoms with Crippen molar-refractivity contribution in [3.05, 3.63) is 0 Å². The smallest absolute Gasteiger partial charge is 0.311 e. The zero-order valence-electron chi connectivity index (χ0n) is 9.34. The van der Waals surface area contributed by atoms with E-state index in [2.05, 4.69) is 4.83 Å². The van der Waals surface area contributed by atoms with Crippen molar-refractivity contribution < 1.29 is 13.2 Å². The molecule has 7 heteroatoms. The molecule has 2 aliphatic rings. The second-order valence-electron chi connectivity index (χ2n) is 4.09. The minimum Gasteiger partial charge on any atom is -0.379 e. The molecule has 0 aromatic heterocycles. The van der Waals surface area contributed by atoms with Gasteiger partial charge in [-0.3, -0.25) is 0 Å². The highest BCUT2D eigenvalue weighted by molar-refractivity contribution is 7.86. The van der Waals surface area contributed by atoms with Crippen molar-refractivity contribution in [2.24, 2.45) is 0 Å². The van der Waals surface area contributed by atoms with Gasteiger partial charge in [0.15, 0.2) is 0 Å². The molecule has 0 bridgehead atoms. The normalized spacial score (nSPS) is 25.8. The molecule has 0 amide bonds. The Bertz CT molecular complexity index is 308. The highest BCUT2D eigenvalue weighted by atomic mass is 32.2. The molecular weight excluding hydrogens is 230 g/mol. The Kier molecular flexibility index (Phi) is 4.15. The number of hydrogen-bond acceptors (Lipinski definition) is 4. The first-order chi connectivity index (χ1) is 7.68. The molecule has 2 rings (SSSR count). The average Bonchev–Trinajstić information content (AvgIpc) is 2.31. The van der Waals surface area contributed by atoms with Crippen LogP contribution in [0.15, 0.2) is 0 Å². The fourth-order valence-corrected chi connectivity index (χ4v) is 3.10. The summed E-state index contributed by atoms with van der Waals surface area (Å²) in [5, 5.41) is 1.67. The van der Waals surface area contributed by atoms with E-state index in [1.165, 1.54) is 10.7 Å². The molecule has 0 aliphatic carbocycles. The summed E-state index contributed by atoms with van der Waals surface area (Å²) in [5.41, 5.74) is 0. The molecule has 0 unspecified atom stereocenters. The van der Waals surface area contributed by atoms with Crippen molar-refractivity contribution in [3.8, 4) is 0 Å². The van der Waals surface area contributed by atoms with Crippen LogP contribution in [0.4, 0.5) is 0 Å². The fourth-order valence-electron chi connectivity index (χ4n) is 1.93. The summed E-state index contributed by atoms with van der Waals surface area (Å²) >= 11 is 0. The van der Waals surface area contributed by atoms with Crippen molar-refractivity contribution in [2.45, 2.75) is 19.3 Å². The van der Waals surface area contributed by atoms with Crippen molar-refractivity contribution in [1.29, 1.82) is 0 Å². The second-order valence-corrected chi connectivity index (χ2v) is 5.66. The van der Waals surface area contributed by atoms with Gasteiger partial charge in [0.2, 0.25) is 0 Å². The Balaban J connectivity index is 1.90. The SMILES string of the molecule is O=S(=O)([N]N1CCCCC1)N1CCOCC1. The fraction of sp³-hybridized carbons (Fsp3) is 1.00. The van der Waals surface area contributed by atoms with Gasteiger partial charge >= 0.3 is 10.2 Å². The van der Waals surface area contributed by atoms with Crippen LogP contribution in [0.5, 0.6) is 0 Å². The van der Waals surface area contributed by atoms with Gasteiger partial charge in [-0.05, 0) is 17.7 Å². The molecule has 16 heavy (non-hydrogen) atoms. The summed E-state index contributed by atoms with van der Waals surface area (Å²) in [6.07, 6.45) is 3.23. The first-order valence-corrected chi connectivity index (χ1v) is 7.14. The maximum absolute atomic E-state index is 11.9. The monoisotopic (exact) mass is 248 g/mol. The Hall–Kier alpha value is -0.210. The van der Waals surface area contributed by atoms with E-state index < -0.39 is 10.2 Å². The maximum atomic E-state index is 11.9. The van der Waals surface area contributed by atoms with Crippen LogP contribution in [0.25, 0.3) is 0 Å². The predicted octanol–water partition coefficient (Wildman–Crippen LogP) is -0.431. The summed E-state index contributed by atoms with van der Waals surface area (Å²) in [5.74, 6) is 0. The number of rotatable bonds is 3. The van der Waals surface area contributed by atoms with Gasteiger partial charge in [0.1, 0.15) is 0 Å². The van der Waals surface area contributed by atoms with E-state index in [4.69, 9.17) is 4.74 Å². The van der Waals surface area contributed by atoms with Gasteiger partial charge in [0, 0.05) is 26.2 Å². The third kappa shape index (κ3) is 3.14. The summed E-state index contributed by atoms with van der Waals surface area (Å²) < 4.78 is 30.3. The number of ether oxygens (including phenoxy) is 1. The molecule has 2 aliphatic heterocycles. The maximum Gasteiger partial charge on any atom is 0.311 e. The first-order valence-electron chi connectivity index (χ1n) is 5.74. The van der Waals surface area contributed by atoms with Gasteiger partial charge in [0.25, 0.3) is 0 Å². The zero-order chi connectivity index (χ0) is 11.4. The van der Waals surface area contributed by atoms with Crippen molar-refractivity contribution in [3.63, 3.8) is 0 Å². The van der Waals surface area contributed by atoms with Crippen LogP contribution >= 0.6 is 0 Å². The van der Waals surface area contributed by atoms with Crippen LogP contribution in [0, 0.1) is 0 Å². The van der Waals surface area contributed by atoms with Crippen molar-refractivity contribution in [2.75, 3.05) is 39.4 Å². The third-order valence-electron chi connectivity index (χ3n) is 2.85. The summed E-state index contributed by atoms with van der Waals surface area (Å²) in [6.45, 7) is 3.27. The van der Waals surface area contributed by atoms with Crippen LogP contribution in [-0.2, 0) is 14.9 Å². The Morgan fingerprint density at radius 3 is 2.19 bits per heavy atom. The molecule has 0 aromatic carbocycles. The van der Waals surface area contributed by atoms with Gasteiger partial charge in [0.05, 0.1) is 13.2 Å². The van der Waals surface area contributed by atoms with Gasteiger partial charge in [-0.2, -0.15) is 12.7 Å². The highest BCUT2D eigenvalue weighted by Crippen LogP contribution is 2.10. The van der Waals surface area contributed by atoms with Gasteiger partial charge in [-0.15, -0.1) is 0 Å². The van der Waals surface area contributed by atoms with Gasteiger partial charge in [-0.1, -0.05) is 6.42 Å². The van der Waals surface area contributed by atoms with Crippen LogP contribution < -0.4 is 4.83 Å². The molecule has 0 N–H and O–H groups in total. The number of hydrogen-bond donors (Lipinski definition) is 0. The minimum atomic E-state index is -3.48. The van der Waals surface area contributed by atoms with Gasteiger partial charge in [-0.25, -0.2) is 5.01 Å². The molecule has 2 heterocycles. The summed E-state index contributed by atoms with van der Waals surface area (Å²) in [7, 11) is -3.48. The molecular formula is C9H18N3O3S. The Morgan fingerprint density at radius 2 is 1.56 bits per heavy atom. The largest absolute Gasteiger partial charge is 0.379 e. The lowest BCUT2D eigenvalue weighted by atomic mass is 10.2. The first kappa shape index (κ1) is 12.3. The highest BCUT2D eigenvalue weighted by Gasteiger charge is 2.28. The molecule has 0 saturated carbocycles. The number of nitrogens with zero attached hydrogens (tertiary/aromatic N) is 3. The number of morpholine rings is 1. The average molecular weight is 248 g/mol. The molecule has 2 saturated heterocycles. The van der Waals surface area contributed by atoms with E-state index in [1.54, 1.807) is 5.01 Å². The molecule has 0 spiro atoms. The second kappa shape index (κ2) is 5.42. The van der Waals surface area contributed by atoms with Crippen LogP contribution in [0.3, 0.4) is 0 Å². The lowest BCUT2D eigenvalue weighted by molar-refractivity contribution is 0.0698. The molecule has 2 fully saturated rings.